The van der Waals surface area contributed by atoms with Crippen LogP contribution in [0.15, 0.2) is 24.4 Å². The van der Waals surface area contributed by atoms with E-state index in [-0.39, 0.29) is 0 Å². The standard InChI is InChI=1S/C13H22N2/c1-4-7-12(9-11-15(2)3)13-8-5-6-10-14-13/h5-6,8,10,12H,4,7,9,11H2,1-3H3. The maximum atomic E-state index is 4.46. The molecule has 0 radical (unpaired) electrons. The molecule has 0 aromatic carbocycles. The topological polar surface area (TPSA) is 16.1 Å². The van der Waals surface area contributed by atoms with Crippen LogP contribution in [0.5, 0.6) is 0 Å². The zero-order valence-corrected chi connectivity index (χ0v) is 10.1. The van der Waals surface area contributed by atoms with Gasteiger partial charge in [-0.15, -0.1) is 0 Å². The molecule has 0 fully saturated rings. The molecule has 1 rings (SSSR count). The number of pyridine rings is 1. The molecule has 0 saturated carbocycles. The first kappa shape index (κ1) is 12.2. The van der Waals surface area contributed by atoms with E-state index in [1.807, 2.05) is 12.3 Å². The molecule has 2 heteroatoms. The Morgan fingerprint density at radius 2 is 2.07 bits per heavy atom. The Hall–Kier alpha value is -0.890. The van der Waals surface area contributed by atoms with Crippen LogP contribution in [0.3, 0.4) is 0 Å². The summed E-state index contributed by atoms with van der Waals surface area (Å²) in [5.41, 5.74) is 1.25. The Morgan fingerprint density at radius 1 is 1.27 bits per heavy atom. The zero-order valence-electron chi connectivity index (χ0n) is 10.1. The van der Waals surface area contributed by atoms with Gasteiger partial charge in [0.1, 0.15) is 0 Å². The largest absolute Gasteiger partial charge is 0.309 e. The molecule has 1 heterocycles. The smallest absolute Gasteiger partial charge is 0.0434 e. The number of nitrogens with zero attached hydrogens (tertiary/aromatic N) is 2. The number of aromatic nitrogens is 1. The van der Waals surface area contributed by atoms with E-state index in [2.05, 4.69) is 43.0 Å². The Bertz CT molecular complexity index is 256. The van der Waals surface area contributed by atoms with E-state index in [9.17, 15) is 0 Å². The van der Waals surface area contributed by atoms with E-state index >= 15 is 0 Å². The molecule has 0 amide bonds. The SMILES string of the molecule is CCCC(CCN(C)C)c1ccccn1. The maximum Gasteiger partial charge on any atom is 0.0434 e. The van der Waals surface area contributed by atoms with Crippen molar-refractivity contribution in [1.82, 2.24) is 9.88 Å². The molecule has 1 unspecified atom stereocenters. The fourth-order valence-corrected chi connectivity index (χ4v) is 1.82. The fourth-order valence-electron chi connectivity index (χ4n) is 1.82. The molecule has 0 aliphatic heterocycles. The second kappa shape index (κ2) is 6.57. The summed E-state index contributed by atoms with van der Waals surface area (Å²) in [5.74, 6) is 0.624. The molecule has 0 saturated heterocycles. The van der Waals surface area contributed by atoms with Crippen molar-refractivity contribution in [3.05, 3.63) is 30.1 Å². The Balaban J connectivity index is 2.57. The Morgan fingerprint density at radius 3 is 2.60 bits per heavy atom. The van der Waals surface area contributed by atoms with Crippen LogP contribution in [0.4, 0.5) is 0 Å². The van der Waals surface area contributed by atoms with E-state index in [0.717, 1.165) is 6.54 Å². The van der Waals surface area contributed by atoms with Crippen LogP contribution in [0, 0.1) is 0 Å². The molecule has 1 aromatic heterocycles. The van der Waals surface area contributed by atoms with Gasteiger partial charge in [0.05, 0.1) is 0 Å². The number of hydrogen-bond acceptors (Lipinski definition) is 2. The summed E-state index contributed by atoms with van der Waals surface area (Å²) < 4.78 is 0. The van der Waals surface area contributed by atoms with Gasteiger partial charge in [0.15, 0.2) is 0 Å². The highest BCUT2D eigenvalue weighted by Gasteiger charge is 2.11. The molecule has 0 N–H and O–H groups in total. The molecule has 0 bridgehead atoms. The van der Waals surface area contributed by atoms with E-state index in [4.69, 9.17) is 0 Å². The van der Waals surface area contributed by atoms with Gasteiger partial charge in [0.25, 0.3) is 0 Å². The lowest BCUT2D eigenvalue weighted by Gasteiger charge is -2.18. The molecule has 1 atom stereocenters. The monoisotopic (exact) mass is 206 g/mol. The van der Waals surface area contributed by atoms with E-state index in [1.54, 1.807) is 0 Å². The molecule has 0 spiro atoms. The minimum Gasteiger partial charge on any atom is -0.309 e. The van der Waals surface area contributed by atoms with Crippen LogP contribution in [-0.2, 0) is 0 Å². The van der Waals surface area contributed by atoms with Gasteiger partial charge < -0.3 is 4.90 Å². The van der Waals surface area contributed by atoms with Gasteiger partial charge >= 0.3 is 0 Å². The lowest BCUT2D eigenvalue weighted by molar-refractivity contribution is 0.372. The summed E-state index contributed by atoms with van der Waals surface area (Å²) in [5, 5.41) is 0. The maximum absolute atomic E-state index is 4.46. The van der Waals surface area contributed by atoms with E-state index in [1.165, 1.54) is 25.0 Å². The highest BCUT2D eigenvalue weighted by molar-refractivity contribution is 5.09. The summed E-state index contributed by atoms with van der Waals surface area (Å²) in [6.45, 7) is 3.38. The Labute approximate surface area is 93.3 Å². The fraction of sp³-hybridized carbons (Fsp3) is 0.615. The van der Waals surface area contributed by atoms with Crippen molar-refractivity contribution < 1.29 is 0 Å². The quantitative estimate of drug-likeness (QED) is 0.711. The molecule has 84 valence electrons. The third-order valence-electron chi connectivity index (χ3n) is 2.67. The highest BCUT2D eigenvalue weighted by Crippen LogP contribution is 2.22. The minimum atomic E-state index is 0.624. The molecule has 2 nitrogen and oxygen atoms in total. The van der Waals surface area contributed by atoms with Crippen molar-refractivity contribution in [2.45, 2.75) is 32.1 Å². The van der Waals surface area contributed by atoms with Crippen LogP contribution in [-0.4, -0.2) is 30.5 Å². The third-order valence-corrected chi connectivity index (χ3v) is 2.67. The van der Waals surface area contributed by atoms with Crippen LogP contribution in [0.2, 0.25) is 0 Å². The van der Waals surface area contributed by atoms with Crippen molar-refractivity contribution in [2.24, 2.45) is 0 Å². The van der Waals surface area contributed by atoms with E-state index < -0.39 is 0 Å². The third kappa shape index (κ3) is 4.43. The molecule has 1 aromatic rings. The van der Waals surface area contributed by atoms with Crippen molar-refractivity contribution in [2.75, 3.05) is 20.6 Å². The number of rotatable bonds is 6. The predicted octanol–water partition coefficient (Wildman–Crippen LogP) is 2.92. The molecular formula is C13H22N2. The minimum absolute atomic E-state index is 0.624. The van der Waals surface area contributed by atoms with Gasteiger partial charge in [0, 0.05) is 17.8 Å². The average Bonchev–Trinajstić information content (AvgIpc) is 2.25. The first-order valence-electron chi connectivity index (χ1n) is 5.79. The Kier molecular flexibility index (Phi) is 5.33. The first-order chi connectivity index (χ1) is 7.24. The lowest BCUT2D eigenvalue weighted by Crippen LogP contribution is -2.16. The van der Waals surface area contributed by atoms with E-state index in [0.29, 0.717) is 5.92 Å². The molecular weight excluding hydrogens is 184 g/mol. The van der Waals surface area contributed by atoms with Crippen molar-refractivity contribution >= 4 is 0 Å². The van der Waals surface area contributed by atoms with Gasteiger partial charge in [-0.3, -0.25) is 4.98 Å². The van der Waals surface area contributed by atoms with Crippen molar-refractivity contribution in [1.29, 1.82) is 0 Å². The van der Waals surface area contributed by atoms with Gasteiger partial charge in [-0.1, -0.05) is 19.4 Å². The second-order valence-corrected chi connectivity index (χ2v) is 4.33. The normalized spacial score (nSPS) is 13.1. The van der Waals surface area contributed by atoms with Gasteiger partial charge in [-0.25, -0.2) is 0 Å². The summed E-state index contributed by atoms with van der Waals surface area (Å²) in [4.78, 5) is 6.70. The zero-order chi connectivity index (χ0) is 11.1. The summed E-state index contributed by atoms with van der Waals surface area (Å²) >= 11 is 0. The summed E-state index contributed by atoms with van der Waals surface area (Å²) in [7, 11) is 4.25. The van der Waals surface area contributed by atoms with Crippen molar-refractivity contribution in [3.8, 4) is 0 Å². The second-order valence-electron chi connectivity index (χ2n) is 4.33. The molecule has 0 aliphatic carbocycles. The predicted molar refractivity (Wildman–Crippen MR) is 65.1 cm³/mol. The molecule has 0 aliphatic rings. The summed E-state index contributed by atoms with van der Waals surface area (Å²) in [6, 6.07) is 6.22. The number of hydrogen-bond donors (Lipinski definition) is 0. The lowest BCUT2D eigenvalue weighted by atomic mass is 9.95. The van der Waals surface area contributed by atoms with Crippen LogP contribution in [0.1, 0.15) is 37.8 Å². The first-order valence-corrected chi connectivity index (χ1v) is 5.79. The van der Waals surface area contributed by atoms with Crippen molar-refractivity contribution in [3.63, 3.8) is 0 Å². The van der Waals surface area contributed by atoms with Crippen LogP contribution >= 0.6 is 0 Å². The average molecular weight is 206 g/mol. The highest BCUT2D eigenvalue weighted by atomic mass is 15.0. The van der Waals surface area contributed by atoms with Gasteiger partial charge in [-0.2, -0.15) is 0 Å². The van der Waals surface area contributed by atoms with Crippen LogP contribution < -0.4 is 0 Å². The molecule has 15 heavy (non-hydrogen) atoms. The van der Waals surface area contributed by atoms with Gasteiger partial charge in [-0.05, 0) is 45.6 Å². The van der Waals surface area contributed by atoms with Gasteiger partial charge in [0.2, 0.25) is 0 Å². The summed E-state index contributed by atoms with van der Waals surface area (Å²) in [6.07, 6.45) is 5.57. The van der Waals surface area contributed by atoms with Crippen LogP contribution in [0.25, 0.3) is 0 Å².